The average Bonchev–Trinajstić information content (AvgIpc) is 2.29. The van der Waals surface area contributed by atoms with E-state index in [0.29, 0.717) is 12.8 Å². The molecule has 16 heavy (non-hydrogen) atoms. The Morgan fingerprint density at radius 1 is 1.31 bits per heavy atom. The normalized spacial score (nSPS) is 24.9. The lowest BCUT2D eigenvalue weighted by Gasteiger charge is -2.29. The van der Waals surface area contributed by atoms with Crippen molar-refractivity contribution in [3.05, 3.63) is 35.9 Å². The number of carbonyl (C=O) groups is 2. The Labute approximate surface area is 93.3 Å². The molecule has 0 radical (unpaired) electrons. The van der Waals surface area contributed by atoms with Gasteiger partial charge in [0.1, 0.15) is 0 Å². The first-order valence-electron chi connectivity index (χ1n) is 5.25. The third-order valence-corrected chi connectivity index (χ3v) is 2.88. The molecule has 0 bridgehead atoms. The Morgan fingerprint density at radius 2 is 2.00 bits per heavy atom. The highest BCUT2D eigenvalue weighted by Crippen LogP contribution is 2.29. The van der Waals surface area contributed by atoms with Crippen molar-refractivity contribution in [3.8, 4) is 0 Å². The molecule has 1 aliphatic heterocycles. The highest BCUT2D eigenvalue weighted by atomic mass is 16.4. The van der Waals surface area contributed by atoms with Crippen LogP contribution in [0.2, 0.25) is 0 Å². The van der Waals surface area contributed by atoms with E-state index in [1.807, 2.05) is 30.3 Å². The summed E-state index contributed by atoms with van der Waals surface area (Å²) in [4.78, 5) is 22.4. The second kappa shape index (κ2) is 4.35. The molecule has 1 heterocycles. The third kappa shape index (κ3) is 2.05. The predicted molar refractivity (Wildman–Crippen MR) is 57.7 cm³/mol. The Hall–Kier alpha value is -1.84. The summed E-state index contributed by atoms with van der Waals surface area (Å²) < 4.78 is 0. The number of nitrogens with one attached hydrogen (secondary N) is 1. The van der Waals surface area contributed by atoms with Crippen molar-refractivity contribution in [2.24, 2.45) is 5.92 Å². The monoisotopic (exact) mass is 219 g/mol. The molecule has 4 nitrogen and oxygen atoms in total. The van der Waals surface area contributed by atoms with Crippen LogP contribution in [0, 0.1) is 5.92 Å². The van der Waals surface area contributed by atoms with Crippen LogP contribution in [0.25, 0.3) is 0 Å². The van der Waals surface area contributed by atoms with Gasteiger partial charge in [0, 0.05) is 6.42 Å². The summed E-state index contributed by atoms with van der Waals surface area (Å²) >= 11 is 0. The van der Waals surface area contributed by atoms with Gasteiger partial charge in [-0.1, -0.05) is 30.3 Å². The molecular weight excluding hydrogens is 206 g/mol. The first kappa shape index (κ1) is 10.7. The fourth-order valence-corrected chi connectivity index (χ4v) is 2.04. The van der Waals surface area contributed by atoms with Crippen molar-refractivity contribution in [1.29, 1.82) is 0 Å². The predicted octanol–water partition coefficient (Wildman–Crippen LogP) is 1.34. The van der Waals surface area contributed by atoms with E-state index in [1.54, 1.807) is 0 Å². The molecule has 2 rings (SSSR count). The van der Waals surface area contributed by atoms with E-state index in [4.69, 9.17) is 5.11 Å². The van der Waals surface area contributed by atoms with Crippen molar-refractivity contribution in [2.45, 2.75) is 18.9 Å². The number of benzene rings is 1. The highest BCUT2D eigenvalue weighted by molar-refractivity contribution is 5.81. The maximum absolute atomic E-state index is 11.3. The van der Waals surface area contributed by atoms with Crippen LogP contribution >= 0.6 is 0 Å². The molecule has 0 saturated carbocycles. The number of hydrogen-bond acceptors (Lipinski definition) is 2. The van der Waals surface area contributed by atoms with Gasteiger partial charge in [0.05, 0.1) is 12.0 Å². The molecule has 84 valence electrons. The van der Waals surface area contributed by atoms with Crippen LogP contribution in [-0.2, 0) is 9.59 Å². The Morgan fingerprint density at radius 3 is 2.62 bits per heavy atom. The SMILES string of the molecule is O=C1CC[C@@H](C(=O)O)[C@H](c2ccccc2)N1. The van der Waals surface area contributed by atoms with Crippen LogP contribution in [0.4, 0.5) is 0 Å². The topological polar surface area (TPSA) is 66.4 Å². The van der Waals surface area contributed by atoms with Crippen LogP contribution in [-0.4, -0.2) is 17.0 Å². The van der Waals surface area contributed by atoms with Gasteiger partial charge in [-0.25, -0.2) is 0 Å². The summed E-state index contributed by atoms with van der Waals surface area (Å²) in [6.45, 7) is 0. The zero-order valence-corrected chi connectivity index (χ0v) is 8.72. The number of aliphatic carboxylic acids is 1. The van der Waals surface area contributed by atoms with Crippen LogP contribution < -0.4 is 5.32 Å². The molecule has 2 N–H and O–H groups in total. The van der Waals surface area contributed by atoms with E-state index < -0.39 is 17.9 Å². The molecular formula is C12H13NO3. The summed E-state index contributed by atoms with van der Waals surface area (Å²) in [5.41, 5.74) is 0.850. The summed E-state index contributed by atoms with van der Waals surface area (Å²) in [6.07, 6.45) is 0.695. The fourth-order valence-electron chi connectivity index (χ4n) is 2.04. The largest absolute Gasteiger partial charge is 0.481 e. The lowest BCUT2D eigenvalue weighted by molar-refractivity contribution is -0.145. The molecule has 1 amide bonds. The number of carboxylic acid groups (broad SMARTS) is 1. The van der Waals surface area contributed by atoms with Gasteiger partial charge in [0.15, 0.2) is 0 Å². The number of piperidine rings is 1. The molecule has 1 aliphatic rings. The minimum atomic E-state index is -0.853. The Balaban J connectivity index is 2.27. The van der Waals surface area contributed by atoms with Crippen molar-refractivity contribution < 1.29 is 14.7 Å². The van der Waals surface area contributed by atoms with Crippen molar-refractivity contribution in [2.75, 3.05) is 0 Å². The van der Waals surface area contributed by atoms with Gasteiger partial charge in [-0.05, 0) is 12.0 Å². The second-order valence-corrected chi connectivity index (χ2v) is 3.94. The summed E-state index contributed by atoms with van der Waals surface area (Å²) in [5, 5.41) is 11.8. The van der Waals surface area contributed by atoms with Gasteiger partial charge >= 0.3 is 5.97 Å². The maximum Gasteiger partial charge on any atom is 0.308 e. The quantitative estimate of drug-likeness (QED) is 0.788. The Kier molecular flexibility index (Phi) is 2.90. The molecule has 1 aromatic carbocycles. The molecule has 2 atom stereocenters. The van der Waals surface area contributed by atoms with Gasteiger partial charge in [0.2, 0.25) is 5.91 Å². The first-order chi connectivity index (χ1) is 7.68. The summed E-state index contributed by atoms with van der Waals surface area (Å²) in [6, 6.07) is 8.83. The van der Waals surface area contributed by atoms with Gasteiger partial charge in [0.25, 0.3) is 0 Å². The lowest BCUT2D eigenvalue weighted by atomic mass is 9.86. The highest BCUT2D eigenvalue weighted by Gasteiger charge is 2.34. The van der Waals surface area contributed by atoms with E-state index in [0.717, 1.165) is 5.56 Å². The van der Waals surface area contributed by atoms with Crippen LogP contribution in [0.15, 0.2) is 30.3 Å². The number of hydrogen-bond donors (Lipinski definition) is 2. The molecule has 4 heteroatoms. The number of rotatable bonds is 2. The average molecular weight is 219 g/mol. The van der Waals surface area contributed by atoms with E-state index in [9.17, 15) is 9.59 Å². The van der Waals surface area contributed by atoms with Gasteiger partial charge in [-0.3, -0.25) is 9.59 Å². The number of amides is 1. The first-order valence-corrected chi connectivity index (χ1v) is 5.25. The Bertz CT molecular complexity index is 402. The zero-order valence-electron chi connectivity index (χ0n) is 8.72. The van der Waals surface area contributed by atoms with Crippen LogP contribution in [0.1, 0.15) is 24.4 Å². The molecule has 0 aliphatic carbocycles. The van der Waals surface area contributed by atoms with E-state index in [2.05, 4.69) is 5.32 Å². The van der Waals surface area contributed by atoms with Crippen LogP contribution in [0.5, 0.6) is 0 Å². The number of carbonyl (C=O) groups excluding carboxylic acids is 1. The molecule has 1 fully saturated rings. The minimum Gasteiger partial charge on any atom is -0.481 e. The molecule has 0 unspecified atom stereocenters. The van der Waals surface area contributed by atoms with Gasteiger partial charge in [-0.2, -0.15) is 0 Å². The molecule has 1 aromatic rings. The van der Waals surface area contributed by atoms with Crippen molar-refractivity contribution in [3.63, 3.8) is 0 Å². The maximum atomic E-state index is 11.3. The second-order valence-electron chi connectivity index (χ2n) is 3.94. The molecule has 0 aromatic heterocycles. The van der Waals surface area contributed by atoms with Crippen LogP contribution in [0.3, 0.4) is 0 Å². The summed E-state index contributed by atoms with van der Waals surface area (Å²) in [7, 11) is 0. The smallest absolute Gasteiger partial charge is 0.308 e. The van der Waals surface area contributed by atoms with Gasteiger partial charge < -0.3 is 10.4 Å². The summed E-state index contributed by atoms with van der Waals surface area (Å²) in [5.74, 6) is -1.46. The van der Waals surface area contributed by atoms with E-state index in [-0.39, 0.29) is 5.91 Å². The van der Waals surface area contributed by atoms with E-state index in [1.165, 1.54) is 0 Å². The minimum absolute atomic E-state index is 0.0775. The van der Waals surface area contributed by atoms with Gasteiger partial charge in [-0.15, -0.1) is 0 Å². The zero-order chi connectivity index (χ0) is 11.5. The molecule has 0 spiro atoms. The fraction of sp³-hybridized carbons (Fsp3) is 0.333. The lowest BCUT2D eigenvalue weighted by Crippen LogP contribution is -2.41. The third-order valence-electron chi connectivity index (χ3n) is 2.88. The van der Waals surface area contributed by atoms with Crippen molar-refractivity contribution >= 4 is 11.9 Å². The van der Waals surface area contributed by atoms with E-state index >= 15 is 0 Å². The standard InChI is InChI=1S/C12H13NO3/c14-10-7-6-9(12(15)16)11(13-10)8-4-2-1-3-5-8/h1-5,9,11H,6-7H2,(H,13,14)(H,15,16)/t9-,11+/m1/s1. The number of carboxylic acids is 1. The van der Waals surface area contributed by atoms with Crippen molar-refractivity contribution in [1.82, 2.24) is 5.32 Å². The molecule has 1 saturated heterocycles.